The number of ether oxygens (including phenoxy) is 1. The zero-order valence-electron chi connectivity index (χ0n) is 24.0. The largest absolute Gasteiger partial charge is 0.481 e. The molecule has 0 aliphatic rings. The van der Waals surface area contributed by atoms with Gasteiger partial charge in [0.25, 0.3) is 0 Å². The summed E-state index contributed by atoms with van der Waals surface area (Å²) in [4.78, 5) is 23.2. The summed E-state index contributed by atoms with van der Waals surface area (Å²) in [5.74, 6) is -1.15. The number of unbranched alkanes of at least 4 members (excludes halogenated alkanes) is 11. The van der Waals surface area contributed by atoms with Crippen molar-refractivity contribution in [1.82, 2.24) is 0 Å². The van der Waals surface area contributed by atoms with Gasteiger partial charge in [-0.05, 0) is 64.2 Å². The molecule has 0 bridgehead atoms. The van der Waals surface area contributed by atoms with E-state index in [0.29, 0.717) is 12.8 Å². The average Bonchev–Trinajstić information content (AvgIpc) is 2.87. The first-order chi connectivity index (χ1) is 18.1. The van der Waals surface area contributed by atoms with Crippen LogP contribution in [0.5, 0.6) is 0 Å². The standard InChI is InChI=1S/C33H56O4/c1-3-5-7-9-11-12-13-14-15-16-17-18-19-20-21-22-23-25-27-29-33(36)37-31(30-32(34)35)28-26-24-10-8-6-4-2/h11-12,14-15,17-18,20-21,31H,3-10,13,16,19,22-30H2,1-2H3,(H,34,35)/b12-11-,15-14-,18-17-,21-20-. The Morgan fingerprint density at radius 3 is 1.65 bits per heavy atom. The number of carbonyl (C=O) groups is 2. The van der Waals surface area contributed by atoms with Crippen LogP contribution in [0.25, 0.3) is 0 Å². The highest BCUT2D eigenvalue weighted by Gasteiger charge is 2.17. The first-order valence-electron chi connectivity index (χ1n) is 15.1. The lowest BCUT2D eigenvalue weighted by atomic mass is 10.1. The van der Waals surface area contributed by atoms with Crippen LogP contribution in [0.15, 0.2) is 48.6 Å². The van der Waals surface area contributed by atoms with Crippen molar-refractivity contribution in [3.63, 3.8) is 0 Å². The van der Waals surface area contributed by atoms with Gasteiger partial charge >= 0.3 is 11.9 Å². The van der Waals surface area contributed by atoms with Gasteiger partial charge in [-0.3, -0.25) is 9.59 Å². The Bertz CT molecular complexity index is 645. The minimum atomic E-state index is -0.900. The van der Waals surface area contributed by atoms with Gasteiger partial charge in [0.15, 0.2) is 0 Å². The normalized spacial score (nSPS) is 12.9. The number of carbonyl (C=O) groups excluding carboxylic acids is 1. The van der Waals surface area contributed by atoms with Gasteiger partial charge in [0, 0.05) is 6.42 Å². The lowest BCUT2D eigenvalue weighted by Crippen LogP contribution is -2.21. The van der Waals surface area contributed by atoms with E-state index in [0.717, 1.165) is 57.8 Å². The third kappa shape index (κ3) is 28.3. The molecule has 0 aliphatic heterocycles. The Hall–Kier alpha value is -2.10. The van der Waals surface area contributed by atoms with Crippen molar-refractivity contribution >= 4 is 11.9 Å². The lowest BCUT2D eigenvalue weighted by Gasteiger charge is -2.16. The summed E-state index contributed by atoms with van der Waals surface area (Å²) < 4.78 is 5.48. The summed E-state index contributed by atoms with van der Waals surface area (Å²) in [6, 6.07) is 0. The molecule has 0 aromatic heterocycles. The fourth-order valence-corrected chi connectivity index (χ4v) is 4.06. The van der Waals surface area contributed by atoms with Crippen molar-refractivity contribution in [3.8, 4) is 0 Å². The summed E-state index contributed by atoms with van der Waals surface area (Å²) in [7, 11) is 0. The van der Waals surface area contributed by atoms with Gasteiger partial charge in [0.05, 0.1) is 6.42 Å². The third-order valence-electron chi connectivity index (χ3n) is 6.29. The van der Waals surface area contributed by atoms with Gasteiger partial charge in [0.1, 0.15) is 6.10 Å². The minimum Gasteiger partial charge on any atom is -0.481 e. The lowest BCUT2D eigenvalue weighted by molar-refractivity contribution is -0.153. The molecule has 1 atom stereocenters. The van der Waals surface area contributed by atoms with Crippen LogP contribution in [0.3, 0.4) is 0 Å². The molecule has 0 saturated heterocycles. The Morgan fingerprint density at radius 1 is 0.622 bits per heavy atom. The predicted molar refractivity (Wildman–Crippen MR) is 158 cm³/mol. The van der Waals surface area contributed by atoms with Gasteiger partial charge < -0.3 is 9.84 Å². The molecule has 0 rings (SSSR count). The van der Waals surface area contributed by atoms with Gasteiger partial charge in [0.2, 0.25) is 0 Å². The van der Waals surface area contributed by atoms with E-state index < -0.39 is 12.1 Å². The van der Waals surface area contributed by atoms with Crippen LogP contribution >= 0.6 is 0 Å². The van der Waals surface area contributed by atoms with Crippen molar-refractivity contribution in [2.75, 3.05) is 0 Å². The summed E-state index contributed by atoms with van der Waals surface area (Å²) in [6.45, 7) is 4.43. The molecular formula is C33H56O4. The molecule has 0 saturated carbocycles. The van der Waals surface area contributed by atoms with Crippen LogP contribution in [0.4, 0.5) is 0 Å². The fourth-order valence-electron chi connectivity index (χ4n) is 4.06. The zero-order chi connectivity index (χ0) is 27.2. The van der Waals surface area contributed by atoms with Crippen LogP contribution in [0.1, 0.15) is 142 Å². The predicted octanol–water partition coefficient (Wildman–Crippen LogP) is 10.0. The molecule has 1 unspecified atom stereocenters. The number of carboxylic acid groups (broad SMARTS) is 1. The minimum absolute atomic E-state index is 0.0905. The topological polar surface area (TPSA) is 63.6 Å². The molecule has 0 amide bonds. The Labute approximate surface area is 228 Å². The first kappa shape index (κ1) is 34.9. The van der Waals surface area contributed by atoms with Gasteiger partial charge in [-0.15, -0.1) is 0 Å². The first-order valence-corrected chi connectivity index (χ1v) is 15.1. The Balaban J connectivity index is 3.76. The van der Waals surface area contributed by atoms with Crippen molar-refractivity contribution in [1.29, 1.82) is 0 Å². The zero-order valence-corrected chi connectivity index (χ0v) is 24.0. The number of rotatable bonds is 26. The molecule has 0 spiro atoms. The summed E-state index contributed by atoms with van der Waals surface area (Å²) in [5.41, 5.74) is 0. The molecule has 4 nitrogen and oxygen atoms in total. The molecule has 212 valence electrons. The maximum atomic E-state index is 12.1. The van der Waals surface area contributed by atoms with E-state index in [1.54, 1.807) is 0 Å². The van der Waals surface area contributed by atoms with Crippen molar-refractivity contribution < 1.29 is 19.4 Å². The molecule has 1 N–H and O–H groups in total. The van der Waals surface area contributed by atoms with E-state index in [1.807, 2.05) is 0 Å². The van der Waals surface area contributed by atoms with Crippen LogP contribution in [-0.4, -0.2) is 23.1 Å². The van der Waals surface area contributed by atoms with Crippen molar-refractivity contribution in [2.24, 2.45) is 0 Å². The second kappa shape index (κ2) is 28.5. The number of allylic oxidation sites excluding steroid dienone is 8. The van der Waals surface area contributed by atoms with E-state index in [9.17, 15) is 9.59 Å². The number of carboxylic acids is 1. The second-order valence-electron chi connectivity index (χ2n) is 9.95. The molecule has 37 heavy (non-hydrogen) atoms. The summed E-state index contributed by atoms with van der Waals surface area (Å²) >= 11 is 0. The molecule has 0 aromatic rings. The highest BCUT2D eigenvalue weighted by atomic mass is 16.5. The Morgan fingerprint density at radius 2 is 1.08 bits per heavy atom. The Kier molecular flexibility index (Phi) is 26.9. The maximum Gasteiger partial charge on any atom is 0.307 e. The molecular weight excluding hydrogens is 460 g/mol. The summed E-state index contributed by atoms with van der Waals surface area (Å²) in [5, 5.41) is 9.11. The maximum absolute atomic E-state index is 12.1. The molecule has 0 fully saturated rings. The van der Waals surface area contributed by atoms with Crippen LogP contribution in [0, 0.1) is 0 Å². The molecule has 0 aromatic carbocycles. The van der Waals surface area contributed by atoms with Crippen LogP contribution < -0.4 is 0 Å². The highest BCUT2D eigenvalue weighted by molar-refractivity contribution is 5.71. The van der Waals surface area contributed by atoms with Gasteiger partial charge in [-0.25, -0.2) is 0 Å². The number of aliphatic carboxylic acids is 1. The average molecular weight is 517 g/mol. The molecule has 0 heterocycles. The quantitative estimate of drug-likeness (QED) is 0.0705. The molecule has 0 radical (unpaired) electrons. The van der Waals surface area contributed by atoms with Gasteiger partial charge in [-0.2, -0.15) is 0 Å². The van der Waals surface area contributed by atoms with E-state index >= 15 is 0 Å². The number of hydrogen-bond donors (Lipinski definition) is 1. The van der Waals surface area contributed by atoms with Crippen LogP contribution in [-0.2, 0) is 14.3 Å². The van der Waals surface area contributed by atoms with Crippen LogP contribution in [0.2, 0.25) is 0 Å². The van der Waals surface area contributed by atoms with E-state index in [1.165, 1.54) is 51.4 Å². The monoisotopic (exact) mass is 516 g/mol. The van der Waals surface area contributed by atoms with E-state index in [4.69, 9.17) is 9.84 Å². The van der Waals surface area contributed by atoms with E-state index in [-0.39, 0.29) is 12.4 Å². The summed E-state index contributed by atoms with van der Waals surface area (Å²) in [6.07, 6.45) is 37.1. The number of hydrogen-bond acceptors (Lipinski definition) is 3. The second-order valence-corrected chi connectivity index (χ2v) is 9.95. The fraction of sp³-hybridized carbons (Fsp3) is 0.697. The molecule has 4 heteroatoms. The highest BCUT2D eigenvalue weighted by Crippen LogP contribution is 2.15. The van der Waals surface area contributed by atoms with E-state index in [2.05, 4.69) is 62.5 Å². The number of esters is 1. The smallest absolute Gasteiger partial charge is 0.307 e. The molecule has 0 aliphatic carbocycles. The third-order valence-corrected chi connectivity index (χ3v) is 6.29. The SMILES string of the molecule is CCCCC/C=C\C/C=C\C/C=C\C/C=C\CCCCCC(=O)OC(CCCCCCCC)CC(=O)O. The van der Waals surface area contributed by atoms with Crippen molar-refractivity contribution in [2.45, 2.75) is 148 Å². The van der Waals surface area contributed by atoms with Crippen molar-refractivity contribution in [3.05, 3.63) is 48.6 Å². The van der Waals surface area contributed by atoms with Gasteiger partial charge in [-0.1, -0.05) is 114 Å².